The molecule has 4 aromatic rings. The molecular weight excluding hydrogens is 412 g/mol. The fraction of sp³-hybridized carbons (Fsp3) is 0.0870. The molecule has 8 heteroatoms. The van der Waals surface area contributed by atoms with Crippen molar-refractivity contribution in [2.45, 2.75) is 13.5 Å². The van der Waals surface area contributed by atoms with E-state index in [4.69, 9.17) is 10.5 Å². The van der Waals surface area contributed by atoms with Gasteiger partial charge in [-0.15, -0.1) is 11.3 Å². The average molecular weight is 433 g/mol. The Morgan fingerprint density at radius 1 is 1.16 bits per heavy atom. The SMILES string of the molecule is Cc1cccc(COc2cccc(C(=O)Nc3nc(-c4c[nH]c(C(N)=O)c4)cs3)c2)c1. The van der Waals surface area contributed by atoms with Gasteiger partial charge in [0, 0.05) is 22.7 Å². The topological polar surface area (TPSA) is 110 Å². The Hall–Kier alpha value is -3.91. The van der Waals surface area contributed by atoms with Crippen LogP contribution in [0.2, 0.25) is 0 Å². The van der Waals surface area contributed by atoms with Gasteiger partial charge in [-0.1, -0.05) is 35.9 Å². The van der Waals surface area contributed by atoms with Crippen LogP contribution in [0.3, 0.4) is 0 Å². The largest absolute Gasteiger partial charge is 0.489 e. The van der Waals surface area contributed by atoms with Crippen LogP contribution in [0.1, 0.15) is 32.0 Å². The summed E-state index contributed by atoms with van der Waals surface area (Å²) in [6.45, 7) is 2.46. The minimum absolute atomic E-state index is 0.284. The van der Waals surface area contributed by atoms with Gasteiger partial charge in [0.25, 0.3) is 11.8 Å². The first-order valence-corrected chi connectivity index (χ1v) is 10.4. The molecule has 0 saturated heterocycles. The predicted molar refractivity (Wildman–Crippen MR) is 120 cm³/mol. The van der Waals surface area contributed by atoms with E-state index in [2.05, 4.69) is 21.4 Å². The smallest absolute Gasteiger partial charge is 0.265 e. The molecule has 4 N–H and O–H groups in total. The fourth-order valence-electron chi connectivity index (χ4n) is 3.01. The third kappa shape index (κ3) is 4.99. The second kappa shape index (κ2) is 8.85. The monoisotopic (exact) mass is 432 g/mol. The summed E-state index contributed by atoms with van der Waals surface area (Å²) in [4.78, 5) is 31.1. The number of nitrogens with two attached hydrogens (primary N) is 1. The maximum atomic E-state index is 12.7. The van der Waals surface area contributed by atoms with Gasteiger partial charge < -0.3 is 15.5 Å². The number of carbonyl (C=O) groups excluding carboxylic acids is 2. The standard InChI is InChI=1S/C23H20N4O3S/c1-14-4-2-5-15(8-14)12-30-18-7-3-6-16(9-18)22(29)27-23-26-20(13-31-23)17-10-19(21(24)28)25-11-17/h2-11,13,25H,12H2,1H3,(H2,24,28)(H,26,27,29). The number of nitrogens with zero attached hydrogens (tertiary/aromatic N) is 1. The Kier molecular flexibility index (Phi) is 5.81. The molecule has 0 saturated carbocycles. The summed E-state index contributed by atoms with van der Waals surface area (Å²) >= 11 is 1.29. The minimum atomic E-state index is -0.542. The van der Waals surface area contributed by atoms with E-state index < -0.39 is 5.91 Å². The van der Waals surface area contributed by atoms with Gasteiger partial charge in [-0.05, 0) is 36.8 Å². The van der Waals surface area contributed by atoms with Crippen molar-refractivity contribution < 1.29 is 14.3 Å². The number of amides is 2. The van der Waals surface area contributed by atoms with E-state index in [1.807, 2.05) is 31.2 Å². The normalized spacial score (nSPS) is 10.6. The maximum Gasteiger partial charge on any atom is 0.265 e. The van der Waals surface area contributed by atoms with Crippen LogP contribution in [0.15, 0.2) is 66.2 Å². The number of aromatic amines is 1. The molecule has 2 amide bonds. The van der Waals surface area contributed by atoms with Crippen LogP contribution in [0.25, 0.3) is 11.3 Å². The predicted octanol–water partition coefficient (Wildman–Crippen LogP) is 4.38. The number of ether oxygens (including phenoxy) is 1. The number of aryl methyl sites for hydroxylation is 1. The van der Waals surface area contributed by atoms with Crippen molar-refractivity contribution in [2.24, 2.45) is 5.73 Å². The summed E-state index contributed by atoms with van der Waals surface area (Å²) < 4.78 is 5.84. The van der Waals surface area contributed by atoms with Gasteiger partial charge in [0.1, 0.15) is 18.1 Å². The Balaban J connectivity index is 1.41. The van der Waals surface area contributed by atoms with E-state index in [0.29, 0.717) is 34.4 Å². The van der Waals surface area contributed by atoms with Gasteiger partial charge >= 0.3 is 0 Å². The zero-order valence-corrected chi connectivity index (χ0v) is 17.5. The molecular formula is C23H20N4O3S. The summed E-state index contributed by atoms with van der Waals surface area (Å²) in [5.74, 6) is -0.214. The third-order valence-corrected chi connectivity index (χ3v) is 5.31. The molecule has 0 spiro atoms. The minimum Gasteiger partial charge on any atom is -0.489 e. The highest BCUT2D eigenvalue weighted by molar-refractivity contribution is 7.14. The molecule has 2 aromatic carbocycles. The lowest BCUT2D eigenvalue weighted by atomic mass is 10.1. The Bertz CT molecular complexity index is 1240. The highest BCUT2D eigenvalue weighted by atomic mass is 32.1. The van der Waals surface area contributed by atoms with Gasteiger partial charge in [0.2, 0.25) is 0 Å². The zero-order valence-electron chi connectivity index (χ0n) is 16.7. The first kappa shape index (κ1) is 20.4. The number of nitrogens with one attached hydrogen (secondary N) is 2. The van der Waals surface area contributed by atoms with Gasteiger partial charge in [-0.3, -0.25) is 14.9 Å². The molecule has 0 radical (unpaired) electrons. The van der Waals surface area contributed by atoms with Gasteiger partial charge in [0.05, 0.1) is 5.69 Å². The molecule has 0 atom stereocenters. The highest BCUT2D eigenvalue weighted by Crippen LogP contribution is 2.26. The number of hydrogen-bond acceptors (Lipinski definition) is 5. The summed E-state index contributed by atoms with van der Waals surface area (Å²) in [5, 5.41) is 5.05. The molecule has 2 aromatic heterocycles. The quantitative estimate of drug-likeness (QED) is 0.402. The molecule has 156 valence electrons. The molecule has 0 aliphatic carbocycles. The Morgan fingerprint density at radius 2 is 2.00 bits per heavy atom. The lowest BCUT2D eigenvalue weighted by Gasteiger charge is -2.08. The fourth-order valence-corrected chi connectivity index (χ4v) is 3.73. The zero-order chi connectivity index (χ0) is 21.8. The van der Waals surface area contributed by atoms with E-state index in [-0.39, 0.29) is 5.91 Å². The molecule has 0 aliphatic rings. The van der Waals surface area contributed by atoms with E-state index in [9.17, 15) is 9.59 Å². The number of rotatable bonds is 7. The summed E-state index contributed by atoms with van der Waals surface area (Å²) in [6.07, 6.45) is 1.65. The molecule has 0 unspecified atom stereocenters. The second-order valence-corrected chi connectivity index (χ2v) is 7.82. The van der Waals surface area contributed by atoms with Crippen LogP contribution in [0, 0.1) is 6.92 Å². The lowest BCUT2D eigenvalue weighted by molar-refractivity contribution is 0.0994. The van der Waals surface area contributed by atoms with Crippen molar-refractivity contribution in [3.05, 3.63) is 88.6 Å². The van der Waals surface area contributed by atoms with Gasteiger partial charge in [-0.25, -0.2) is 4.98 Å². The van der Waals surface area contributed by atoms with Crippen LogP contribution < -0.4 is 15.8 Å². The number of primary amides is 1. The van der Waals surface area contributed by atoms with Crippen LogP contribution in [-0.4, -0.2) is 21.8 Å². The van der Waals surface area contributed by atoms with Crippen LogP contribution in [0.5, 0.6) is 5.75 Å². The Labute approximate surface area is 182 Å². The number of carbonyl (C=O) groups is 2. The molecule has 0 bridgehead atoms. The number of aromatic nitrogens is 2. The van der Waals surface area contributed by atoms with Crippen molar-refractivity contribution in [3.8, 4) is 17.0 Å². The Morgan fingerprint density at radius 3 is 2.77 bits per heavy atom. The maximum absolute atomic E-state index is 12.7. The van der Waals surface area contributed by atoms with Crippen LogP contribution in [0.4, 0.5) is 5.13 Å². The van der Waals surface area contributed by atoms with Crippen molar-refractivity contribution in [1.29, 1.82) is 0 Å². The molecule has 7 nitrogen and oxygen atoms in total. The van der Waals surface area contributed by atoms with Crippen molar-refractivity contribution in [2.75, 3.05) is 5.32 Å². The molecule has 0 aliphatic heterocycles. The van der Waals surface area contributed by atoms with E-state index in [0.717, 1.165) is 11.1 Å². The third-order valence-electron chi connectivity index (χ3n) is 4.55. The second-order valence-electron chi connectivity index (χ2n) is 6.96. The van der Waals surface area contributed by atoms with Gasteiger partial charge in [0.15, 0.2) is 5.13 Å². The van der Waals surface area contributed by atoms with E-state index in [1.165, 1.54) is 16.9 Å². The lowest BCUT2D eigenvalue weighted by Crippen LogP contribution is -2.11. The van der Waals surface area contributed by atoms with Crippen LogP contribution >= 0.6 is 11.3 Å². The summed E-state index contributed by atoms with van der Waals surface area (Å²) in [5.41, 5.74) is 9.62. The van der Waals surface area contributed by atoms with E-state index >= 15 is 0 Å². The first-order chi connectivity index (χ1) is 15.0. The van der Waals surface area contributed by atoms with Crippen molar-refractivity contribution in [3.63, 3.8) is 0 Å². The van der Waals surface area contributed by atoms with Crippen molar-refractivity contribution in [1.82, 2.24) is 9.97 Å². The van der Waals surface area contributed by atoms with Crippen LogP contribution in [-0.2, 0) is 6.61 Å². The molecule has 4 rings (SSSR count). The summed E-state index contributed by atoms with van der Waals surface area (Å²) in [6, 6.07) is 16.7. The number of hydrogen-bond donors (Lipinski definition) is 3. The number of H-pyrrole nitrogens is 1. The number of thiazole rings is 1. The van der Waals surface area contributed by atoms with Gasteiger partial charge in [-0.2, -0.15) is 0 Å². The average Bonchev–Trinajstić information content (AvgIpc) is 3.42. The first-order valence-electron chi connectivity index (χ1n) is 9.52. The van der Waals surface area contributed by atoms with E-state index in [1.54, 1.807) is 35.8 Å². The summed E-state index contributed by atoms with van der Waals surface area (Å²) in [7, 11) is 0. The van der Waals surface area contributed by atoms with Crippen molar-refractivity contribution >= 4 is 28.3 Å². The number of anilines is 1. The number of benzene rings is 2. The highest BCUT2D eigenvalue weighted by Gasteiger charge is 2.13. The molecule has 2 heterocycles. The molecule has 0 fully saturated rings. The molecule has 31 heavy (non-hydrogen) atoms.